The van der Waals surface area contributed by atoms with Gasteiger partial charge in [-0.3, -0.25) is 0 Å². The molecule has 2 aromatic rings. The van der Waals surface area contributed by atoms with E-state index in [9.17, 15) is 0 Å². The highest BCUT2D eigenvalue weighted by atomic mass is 35.5. The summed E-state index contributed by atoms with van der Waals surface area (Å²) >= 11 is 5.94. The first-order valence-electron chi connectivity index (χ1n) is 5.74. The second-order valence-corrected chi connectivity index (χ2v) is 4.44. The van der Waals surface area contributed by atoms with Crippen LogP contribution in [0.5, 0.6) is 0 Å². The highest BCUT2D eigenvalue weighted by Gasteiger charge is 1.98. The van der Waals surface area contributed by atoms with Crippen molar-refractivity contribution < 1.29 is 0 Å². The molecule has 0 spiro atoms. The van der Waals surface area contributed by atoms with E-state index in [2.05, 4.69) is 30.1 Å². The molecule has 0 unspecified atom stereocenters. The van der Waals surface area contributed by atoms with Gasteiger partial charge in [-0.05, 0) is 30.7 Å². The molecule has 1 heterocycles. The highest BCUT2D eigenvalue weighted by Crippen LogP contribution is 2.20. The number of aromatic nitrogens is 1. The average Bonchev–Trinajstić information content (AvgIpc) is 2.66. The van der Waals surface area contributed by atoms with Gasteiger partial charge in [0.25, 0.3) is 0 Å². The van der Waals surface area contributed by atoms with E-state index in [1.807, 2.05) is 18.2 Å². The Hall–Kier alpha value is -1.21. The lowest BCUT2D eigenvalue weighted by atomic mass is 10.2. The zero-order chi connectivity index (χ0) is 11.4. The molecule has 0 bridgehead atoms. The normalized spacial score (nSPS) is 11.6. The number of rotatable bonds is 4. The van der Waals surface area contributed by atoms with Gasteiger partial charge in [0.05, 0.1) is 0 Å². The fourth-order valence-corrected chi connectivity index (χ4v) is 1.92. The fraction of sp³-hybridized carbons (Fsp3) is 0.286. The van der Waals surface area contributed by atoms with Crippen molar-refractivity contribution in [2.45, 2.75) is 26.2 Å². The molecule has 0 radical (unpaired) electrons. The van der Waals surface area contributed by atoms with Crippen LogP contribution >= 0.6 is 11.6 Å². The number of hydrogen-bond donors (Lipinski definition) is 1. The molecule has 84 valence electrons. The molecular weight excluding hydrogens is 218 g/mol. The quantitative estimate of drug-likeness (QED) is 0.714. The van der Waals surface area contributed by atoms with E-state index in [4.69, 9.17) is 11.6 Å². The summed E-state index contributed by atoms with van der Waals surface area (Å²) in [4.78, 5) is 3.34. The van der Waals surface area contributed by atoms with Crippen LogP contribution in [-0.4, -0.2) is 4.98 Å². The zero-order valence-electron chi connectivity index (χ0n) is 9.46. The van der Waals surface area contributed by atoms with Crippen molar-refractivity contribution in [1.29, 1.82) is 0 Å². The van der Waals surface area contributed by atoms with Crippen molar-refractivity contribution in [1.82, 2.24) is 4.98 Å². The molecule has 0 saturated carbocycles. The van der Waals surface area contributed by atoms with Crippen molar-refractivity contribution in [3.63, 3.8) is 0 Å². The van der Waals surface area contributed by atoms with Crippen LogP contribution in [0.2, 0.25) is 5.02 Å². The lowest BCUT2D eigenvalue weighted by Gasteiger charge is -1.89. The molecule has 16 heavy (non-hydrogen) atoms. The molecule has 0 atom stereocenters. The molecular formula is C14H16ClN. The smallest absolute Gasteiger partial charge is 0.0473 e. The van der Waals surface area contributed by atoms with Crippen LogP contribution in [0.15, 0.2) is 30.3 Å². The maximum atomic E-state index is 5.94. The van der Waals surface area contributed by atoms with Crippen LogP contribution in [0.25, 0.3) is 17.0 Å². The molecule has 0 aliphatic carbocycles. The molecule has 0 fully saturated rings. The molecule has 0 aliphatic heterocycles. The van der Waals surface area contributed by atoms with Crippen LogP contribution < -0.4 is 0 Å². The summed E-state index contributed by atoms with van der Waals surface area (Å²) in [5, 5.41) is 1.98. The second-order valence-electron chi connectivity index (χ2n) is 4.00. The maximum absolute atomic E-state index is 5.94. The summed E-state index contributed by atoms with van der Waals surface area (Å²) in [7, 11) is 0. The van der Waals surface area contributed by atoms with Crippen LogP contribution in [0.4, 0.5) is 0 Å². The molecule has 1 aromatic carbocycles. The molecule has 0 amide bonds. The SMILES string of the molecule is CCCCC=Cc1cc2ccc(Cl)cc2[nH]1. The molecule has 1 nitrogen and oxygen atoms in total. The second kappa shape index (κ2) is 5.22. The Labute approximate surface area is 101 Å². The van der Waals surface area contributed by atoms with Gasteiger partial charge in [0, 0.05) is 21.6 Å². The Bertz CT molecular complexity index is 496. The first-order valence-corrected chi connectivity index (χ1v) is 6.12. The molecule has 0 aliphatic rings. The van der Waals surface area contributed by atoms with Gasteiger partial charge >= 0.3 is 0 Å². The van der Waals surface area contributed by atoms with Gasteiger partial charge in [-0.1, -0.05) is 43.5 Å². The van der Waals surface area contributed by atoms with Gasteiger partial charge in [-0.2, -0.15) is 0 Å². The van der Waals surface area contributed by atoms with Crippen molar-refractivity contribution in [3.8, 4) is 0 Å². The van der Waals surface area contributed by atoms with E-state index in [1.54, 1.807) is 0 Å². The van der Waals surface area contributed by atoms with Crippen molar-refractivity contribution in [2.24, 2.45) is 0 Å². The van der Waals surface area contributed by atoms with Gasteiger partial charge in [-0.25, -0.2) is 0 Å². The number of hydrogen-bond acceptors (Lipinski definition) is 0. The third kappa shape index (κ3) is 2.67. The molecule has 0 saturated heterocycles. The van der Waals surface area contributed by atoms with E-state index >= 15 is 0 Å². The van der Waals surface area contributed by atoms with Crippen LogP contribution in [0.3, 0.4) is 0 Å². The molecule has 2 rings (SSSR count). The molecule has 1 N–H and O–H groups in total. The molecule has 2 heteroatoms. The van der Waals surface area contributed by atoms with Crippen molar-refractivity contribution in [2.75, 3.05) is 0 Å². The summed E-state index contributed by atoms with van der Waals surface area (Å²) in [5.41, 5.74) is 2.25. The monoisotopic (exact) mass is 233 g/mol. The summed E-state index contributed by atoms with van der Waals surface area (Å²) < 4.78 is 0. The van der Waals surface area contributed by atoms with Crippen molar-refractivity contribution >= 4 is 28.6 Å². The van der Waals surface area contributed by atoms with Gasteiger partial charge < -0.3 is 4.98 Å². The minimum Gasteiger partial charge on any atom is -0.355 e. The maximum Gasteiger partial charge on any atom is 0.0473 e. The Morgan fingerprint density at radius 2 is 2.19 bits per heavy atom. The Balaban J connectivity index is 2.16. The van der Waals surface area contributed by atoms with Gasteiger partial charge in [0.1, 0.15) is 0 Å². The number of H-pyrrole nitrogens is 1. The Morgan fingerprint density at radius 1 is 1.31 bits per heavy atom. The Morgan fingerprint density at radius 3 is 3.00 bits per heavy atom. The number of allylic oxidation sites excluding steroid dienone is 1. The summed E-state index contributed by atoms with van der Waals surface area (Å²) in [6.07, 6.45) is 8.00. The first-order chi connectivity index (χ1) is 7.79. The highest BCUT2D eigenvalue weighted by molar-refractivity contribution is 6.31. The van der Waals surface area contributed by atoms with Crippen molar-refractivity contribution in [3.05, 3.63) is 41.1 Å². The number of benzene rings is 1. The largest absolute Gasteiger partial charge is 0.355 e. The summed E-state index contributed by atoms with van der Waals surface area (Å²) in [6.45, 7) is 2.21. The van der Waals surface area contributed by atoms with E-state index in [1.165, 1.54) is 18.2 Å². The molecule has 1 aromatic heterocycles. The summed E-state index contributed by atoms with van der Waals surface area (Å²) in [6, 6.07) is 8.06. The fourth-order valence-electron chi connectivity index (χ4n) is 1.74. The number of aromatic amines is 1. The first kappa shape index (κ1) is 11.3. The predicted octanol–water partition coefficient (Wildman–Crippen LogP) is 5.02. The van der Waals surface area contributed by atoms with E-state index in [0.29, 0.717) is 0 Å². The third-order valence-corrected chi connectivity index (χ3v) is 2.86. The Kier molecular flexibility index (Phi) is 3.68. The predicted molar refractivity (Wildman–Crippen MR) is 71.9 cm³/mol. The van der Waals surface area contributed by atoms with Crippen LogP contribution in [-0.2, 0) is 0 Å². The van der Waals surface area contributed by atoms with Gasteiger partial charge in [-0.15, -0.1) is 0 Å². The lowest BCUT2D eigenvalue weighted by molar-refractivity contribution is 0.816. The van der Waals surface area contributed by atoms with E-state index in [-0.39, 0.29) is 0 Å². The summed E-state index contributed by atoms with van der Waals surface area (Å²) in [5.74, 6) is 0. The van der Waals surface area contributed by atoms with E-state index < -0.39 is 0 Å². The minimum atomic E-state index is 0.774. The van der Waals surface area contributed by atoms with Gasteiger partial charge in [0.2, 0.25) is 0 Å². The number of halogens is 1. The topological polar surface area (TPSA) is 15.8 Å². The van der Waals surface area contributed by atoms with Crippen LogP contribution in [0, 0.1) is 0 Å². The van der Waals surface area contributed by atoms with Gasteiger partial charge in [0.15, 0.2) is 0 Å². The number of fused-ring (bicyclic) bond motifs is 1. The third-order valence-electron chi connectivity index (χ3n) is 2.63. The number of nitrogens with one attached hydrogen (secondary N) is 1. The average molecular weight is 234 g/mol. The zero-order valence-corrected chi connectivity index (χ0v) is 10.2. The van der Waals surface area contributed by atoms with E-state index in [0.717, 1.165) is 22.7 Å². The number of unbranched alkanes of at least 4 members (excludes halogenated alkanes) is 2. The lowest BCUT2D eigenvalue weighted by Crippen LogP contribution is -1.71. The van der Waals surface area contributed by atoms with Crippen LogP contribution in [0.1, 0.15) is 31.9 Å². The standard InChI is InChI=1S/C14H16ClN/c1-2-3-4-5-6-13-9-11-7-8-12(15)10-14(11)16-13/h5-10,16H,2-4H2,1H3. The minimum absolute atomic E-state index is 0.774.